The van der Waals surface area contributed by atoms with Crippen LogP contribution < -0.4 is 0 Å². The summed E-state index contributed by atoms with van der Waals surface area (Å²) in [5.74, 6) is 0.630. The molecule has 12 heavy (non-hydrogen) atoms. The molecule has 0 amide bonds. The summed E-state index contributed by atoms with van der Waals surface area (Å²) in [4.78, 5) is 0. The lowest BCUT2D eigenvalue weighted by Crippen LogP contribution is -2.31. The number of hydrogen-bond acceptors (Lipinski definition) is 2. The quantitative estimate of drug-likeness (QED) is 0.649. The van der Waals surface area contributed by atoms with Gasteiger partial charge in [-0.2, -0.15) is 0 Å². The van der Waals surface area contributed by atoms with Crippen LogP contribution in [0, 0.1) is 5.92 Å². The molecule has 0 aromatic heterocycles. The molecule has 72 valence electrons. The second-order valence-electron chi connectivity index (χ2n) is 3.42. The second-order valence-corrected chi connectivity index (χ2v) is 3.42. The van der Waals surface area contributed by atoms with Crippen molar-refractivity contribution in [1.29, 1.82) is 0 Å². The van der Waals surface area contributed by atoms with Crippen molar-refractivity contribution in [2.75, 3.05) is 13.2 Å². The molecule has 0 spiro atoms. The van der Waals surface area contributed by atoms with Crippen LogP contribution in [0.3, 0.4) is 0 Å². The zero-order valence-corrected chi connectivity index (χ0v) is 8.21. The molecule has 1 rings (SSSR count). The van der Waals surface area contributed by atoms with Gasteiger partial charge in [-0.15, -0.1) is 0 Å². The minimum absolute atomic E-state index is 0.0868. The highest BCUT2D eigenvalue weighted by atomic mass is 16.7. The van der Waals surface area contributed by atoms with E-state index in [1.165, 1.54) is 19.3 Å². The van der Waals surface area contributed by atoms with Crippen LogP contribution in [-0.4, -0.2) is 19.5 Å². The van der Waals surface area contributed by atoms with Crippen molar-refractivity contribution in [2.45, 2.75) is 45.8 Å². The van der Waals surface area contributed by atoms with Crippen LogP contribution in [0.2, 0.25) is 0 Å². The average molecular weight is 172 g/mol. The van der Waals surface area contributed by atoms with Gasteiger partial charge in [-0.3, -0.25) is 0 Å². The minimum atomic E-state index is 0.0868. The second kappa shape index (κ2) is 5.55. The Hall–Kier alpha value is -0.0800. The topological polar surface area (TPSA) is 18.5 Å². The van der Waals surface area contributed by atoms with E-state index in [0.717, 1.165) is 19.6 Å². The van der Waals surface area contributed by atoms with Gasteiger partial charge in [0.2, 0.25) is 0 Å². The molecule has 0 bridgehead atoms. The zero-order valence-electron chi connectivity index (χ0n) is 8.21. The summed E-state index contributed by atoms with van der Waals surface area (Å²) in [6.07, 6.45) is 4.81. The van der Waals surface area contributed by atoms with Crippen LogP contribution in [0.25, 0.3) is 0 Å². The highest BCUT2D eigenvalue weighted by molar-refractivity contribution is 4.66. The third kappa shape index (κ3) is 2.76. The maximum Gasteiger partial charge on any atom is 0.160 e. The van der Waals surface area contributed by atoms with E-state index in [0.29, 0.717) is 5.92 Å². The van der Waals surface area contributed by atoms with Gasteiger partial charge in [0.15, 0.2) is 6.29 Å². The molecule has 2 heteroatoms. The summed E-state index contributed by atoms with van der Waals surface area (Å²) in [5.41, 5.74) is 0. The molecule has 1 aliphatic heterocycles. The van der Waals surface area contributed by atoms with Gasteiger partial charge in [-0.1, -0.05) is 13.8 Å². The van der Waals surface area contributed by atoms with Crippen LogP contribution in [0.1, 0.15) is 39.5 Å². The van der Waals surface area contributed by atoms with Crippen LogP contribution in [0.4, 0.5) is 0 Å². The fraction of sp³-hybridized carbons (Fsp3) is 1.00. The zero-order chi connectivity index (χ0) is 8.81. The Balaban J connectivity index is 2.26. The lowest BCUT2D eigenvalue weighted by atomic mass is 9.98. The molecular formula is C10H20O2. The van der Waals surface area contributed by atoms with E-state index < -0.39 is 0 Å². The predicted molar refractivity (Wildman–Crippen MR) is 49.0 cm³/mol. The smallest absolute Gasteiger partial charge is 0.160 e. The van der Waals surface area contributed by atoms with Crippen molar-refractivity contribution >= 4 is 0 Å². The minimum Gasteiger partial charge on any atom is -0.352 e. The Kier molecular flexibility index (Phi) is 4.62. The van der Waals surface area contributed by atoms with Crippen molar-refractivity contribution < 1.29 is 9.47 Å². The monoisotopic (exact) mass is 172 g/mol. The summed E-state index contributed by atoms with van der Waals surface area (Å²) in [5, 5.41) is 0. The largest absolute Gasteiger partial charge is 0.352 e. The fourth-order valence-electron chi connectivity index (χ4n) is 1.63. The molecule has 2 unspecified atom stereocenters. The molecule has 0 aliphatic carbocycles. The SMILES string of the molecule is CCCOC1OCCCC1CC. The summed E-state index contributed by atoms with van der Waals surface area (Å²) < 4.78 is 11.2. The van der Waals surface area contributed by atoms with E-state index in [1.54, 1.807) is 0 Å². The summed E-state index contributed by atoms with van der Waals surface area (Å²) in [6, 6.07) is 0. The Labute approximate surface area is 75.2 Å². The third-order valence-electron chi connectivity index (χ3n) is 2.40. The van der Waals surface area contributed by atoms with Crippen molar-refractivity contribution in [3.05, 3.63) is 0 Å². The van der Waals surface area contributed by atoms with Crippen LogP contribution in [0.15, 0.2) is 0 Å². The highest BCUT2D eigenvalue weighted by Crippen LogP contribution is 2.24. The van der Waals surface area contributed by atoms with E-state index in [1.807, 2.05) is 0 Å². The van der Waals surface area contributed by atoms with Crippen molar-refractivity contribution in [3.8, 4) is 0 Å². The molecule has 0 saturated carbocycles. The fourth-order valence-corrected chi connectivity index (χ4v) is 1.63. The molecular weight excluding hydrogens is 152 g/mol. The van der Waals surface area contributed by atoms with Gasteiger partial charge in [0.05, 0.1) is 0 Å². The Bertz CT molecular complexity index is 114. The molecule has 1 heterocycles. The van der Waals surface area contributed by atoms with Gasteiger partial charge in [-0.05, 0) is 25.7 Å². The Morgan fingerprint density at radius 3 is 2.92 bits per heavy atom. The van der Waals surface area contributed by atoms with Crippen LogP contribution in [-0.2, 0) is 9.47 Å². The molecule has 2 nitrogen and oxygen atoms in total. The molecule has 1 aliphatic rings. The molecule has 2 atom stereocenters. The first-order valence-electron chi connectivity index (χ1n) is 5.11. The summed E-state index contributed by atoms with van der Waals surface area (Å²) in [7, 11) is 0. The first-order valence-corrected chi connectivity index (χ1v) is 5.11. The summed E-state index contributed by atoms with van der Waals surface area (Å²) >= 11 is 0. The molecule has 1 saturated heterocycles. The van der Waals surface area contributed by atoms with Crippen LogP contribution >= 0.6 is 0 Å². The number of rotatable bonds is 4. The van der Waals surface area contributed by atoms with Gasteiger partial charge in [0.1, 0.15) is 0 Å². The third-order valence-corrected chi connectivity index (χ3v) is 2.40. The van der Waals surface area contributed by atoms with E-state index in [9.17, 15) is 0 Å². The average Bonchev–Trinajstić information content (AvgIpc) is 2.15. The maximum absolute atomic E-state index is 5.61. The summed E-state index contributed by atoms with van der Waals surface area (Å²) in [6.45, 7) is 6.05. The molecule has 0 N–H and O–H groups in total. The molecule has 0 radical (unpaired) electrons. The van der Waals surface area contributed by atoms with E-state index >= 15 is 0 Å². The van der Waals surface area contributed by atoms with E-state index in [2.05, 4.69) is 13.8 Å². The van der Waals surface area contributed by atoms with E-state index in [-0.39, 0.29) is 6.29 Å². The van der Waals surface area contributed by atoms with Crippen molar-refractivity contribution in [3.63, 3.8) is 0 Å². The van der Waals surface area contributed by atoms with Gasteiger partial charge >= 0.3 is 0 Å². The maximum atomic E-state index is 5.61. The first-order chi connectivity index (χ1) is 5.88. The Morgan fingerprint density at radius 2 is 2.25 bits per heavy atom. The lowest BCUT2D eigenvalue weighted by Gasteiger charge is -2.30. The predicted octanol–water partition coefficient (Wildman–Crippen LogP) is 2.58. The molecule has 0 aromatic rings. The van der Waals surface area contributed by atoms with Gasteiger partial charge in [0.25, 0.3) is 0 Å². The molecule has 1 fully saturated rings. The van der Waals surface area contributed by atoms with E-state index in [4.69, 9.17) is 9.47 Å². The number of ether oxygens (including phenoxy) is 2. The van der Waals surface area contributed by atoms with Crippen molar-refractivity contribution in [2.24, 2.45) is 5.92 Å². The lowest BCUT2D eigenvalue weighted by molar-refractivity contribution is -0.193. The van der Waals surface area contributed by atoms with Gasteiger partial charge in [0, 0.05) is 19.1 Å². The Morgan fingerprint density at radius 1 is 1.42 bits per heavy atom. The standard InChI is InChI=1S/C10H20O2/c1-3-7-11-10-9(4-2)6-5-8-12-10/h9-10H,3-8H2,1-2H3. The van der Waals surface area contributed by atoms with Crippen molar-refractivity contribution in [1.82, 2.24) is 0 Å². The van der Waals surface area contributed by atoms with Gasteiger partial charge < -0.3 is 9.47 Å². The normalized spacial score (nSPS) is 30.5. The first kappa shape index (κ1) is 10.0. The van der Waals surface area contributed by atoms with Crippen LogP contribution in [0.5, 0.6) is 0 Å². The molecule has 0 aromatic carbocycles. The number of hydrogen-bond donors (Lipinski definition) is 0. The highest BCUT2D eigenvalue weighted by Gasteiger charge is 2.24. The van der Waals surface area contributed by atoms with Gasteiger partial charge in [-0.25, -0.2) is 0 Å².